The van der Waals surface area contributed by atoms with Crippen LogP contribution in [-0.4, -0.2) is 92.5 Å². The summed E-state index contributed by atoms with van der Waals surface area (Å²) in [5.41, 5.74) is 0. The highest BCUT2D eigenvalue weighted by molar-refractivity contribution is 7.94. The van der Waals surface area contributed by atoms with Gasteiger partial charge in [-0.1, -0.05) is 66.8 Å². The summed E-state index contributed by atoms with van der Waals surface area (Å²) in [5.74, 6) is -0.188. The van der Waals surface area contributed by atoms with E-state index in [1.54, 1.807) is 25.0 Å². The van der Waals surface area contributed by atoms with Gasteiger partial charge >= 0.3 is 0 Å². The standard InChI is InChI=1S/3C5H9N.3C5H7N.2C5H8O.2C5H6O.C3H4O3S/c10*1-2-4-6-5-3-1;4-7(5)2-1-6-3-7/h4H,1-3,5H2;2,4,6H,1,3,5H2;1-2,6H,3-5H2;2-6H,1H2;1-2,4H,3,5H2;1-4,6H,5H2;2,4H,1,3,5H2;1-2H,3-5H2;2-5H,1H2;1-4H,5H2;1-2H,3H2. The van der Waals surface area contributed by atoms with Gasteiger partial charge in [0, 0.05) is 38.9 Å². The van der Waals surface area contributed by atoms with Crippen molar-refractivity contribution in [2.75, 3.05) is 71.6 Å². The highest BCUT2D eigenvalue weighted by Gasteiger charge is 2.10. The highest BCUT2D eigenvalue weighted by Crippen LogP contribution is 2.02. The van der Waals surface area contributed by atoms with Crippen LogP contribution in [-0.2, 0) is 33.5 Å². The summed E-state index contributed by atoms with van der Waals surface area (Å²) >= 11 is 0. The lowest BCUT2D eigenvalue weighted by atomic mass is 10.2. The number of ether oxygens (including phenoxy) is 5. The maximum atomic E-state index is 10.2. The molecule has 370 valence electrons. The van der Waals surface area contributed by atoms with Crippen LogP contribution in [0.5, 0.6) is 0 Å². The van der Waals surface area contributed by atoms with Crippen molar-refractivity contribution in [3.63, 3.8) is 0 Å². The molecular weight excluding hydrogens is 865 g/mol. The molecule has 4 N–H and O–H groups in total. The maximum absolute atomic E-state index is 10.2. The molecular formula is C53H80N6O7S. The van der Waals surface area contributed by atoms with Crippen LogP contribution < -0.4 is 21.3 Å². The lowest BCUT2D eigenvalue weighted by Crippen LogP contribution is -2.17. The number of aliphatic imine (C=N–C) groups is 2. The molecule has 11 aliphatic rings. The van der Waals surface area contributed by atoms with Crippen molar-refractivity contribution in [3.05, 3.63) is 171 Å². The summed E-state index contributed by atoms with van der Waals surface area (Å²) in [6.45, 7) is 9.81. The van der Waals surface area contributed by atoms with Gasteiger partial charge < -0.3 is 45.0 Å². The van der Waals surface area contributed by atoms with E-state index in [1.807, 2.05) is 98.0 Å². The van der Waals surface area contributed by atoms with E-state index in [2.05, 4.69) is 84.6 Å². The van der Waals surface area contributed by atoms with Crippen LogP contribution in [0.25, 0.3) is 0 Å². The molecule has 0 atom stereocenters. The Hall–Kier alpha value is -5.83. The van der Waals surface area contributed by atoms with Crippen molar-refractivity contribution in [2.45, 2.75) is 77.0 Å². The predicted molar refractivity (Wildman–Crippen MR) is 281 cm³/mol. The number of dihydropyridines is 3. The molecule has 11 rings (SSSR count). The molecule has 0 unspecified atom stereocenters. The smallest absolute Gasteiger partial charge is 0.209 e. The van der Waals surface area contributed by atoms with Crippen LogP contribution in [0.1, 0.15) is 77.0 Å². The van der Waals surface area contributed by atoms with Crippen LogP contribution in [0.15, 0.2) is 181 Å². The monoisotopic (exact) mass is 945 g/mol. The first-order valence-electron chi connectivity index (χ1n) is 23.6. The van der Waals surface area contributed by atoms with E-state index in [9.17, 15) is 8.42 Å². The van der Waals surface area contributed by atoms with Gasteiger partial charge in [-0.25, -0.2) is 8.42 Å². The molecule has 0 radical (unpaired) electrons. The third-order valence-corrected chi connectivity index (χ3v) is 9.45. The molecule has 0 aromatic heterocycles. The number of nitrogens with one attached hydrogen (secondary N) is 4. The van der Waals surface area contributed by atoms with E-state index in [0.29, 0.717) is 0 Å². The molecule has 0 saturated carbocycles. The number of hydrogen-bond donors (Lipinski definition) is 4. The van der Waals surface area contributed by atoms with Gasteiger partial charge in [0.2, 0.25) is 9.84 Å². The van der Waals surface area contributed by atoms with E-state index in [4.69, 9.17) is 18.9 Å². The predicted octanol–water partition coefficient (Wildman–Crippen LogP) is 10.00. The van der Waals surface area contributed by atoms with Crippen LogP contribution >= 0.6 is 0 Å². The Labute approximate surface area is 403 Å². The van der Waals surface area contributed by atoms with Gasteiger partial charge in [-0.05, 0) is 157 Å². The van der Waals surface area contributed by atoms with Gasteiger partial charge in [0.25, 0.3) is 0 Å². The quantitative estimate of drug-likeness (QED) is 0.172. The van der Waals surface area contributed by atoms with Gasteiger partial charge in [-0.3, -0.25) is 9.98 Å². The fourth-order valence-corrected chi connectivity index (χ4v) is 5.58. The van der Waals surface area contributed by atoms with Gasteiger partial charge in [0.15, 0.2) is 5.94 Å². The molecule has 0 spiro atoms. The van der Waals surface area contributed by atoms with Crippen LogP contribution in [0.2, 0.25) is 0 Å². The number of sulfone groups is 1. The summed E-state index contributed by atoms with van der Waals surface area (Å²) in [5, 5.41) is 13.3. The lowest BCUT2D eigenvalue weighted by Gasteiger charge is -2.02. The number of allylic oxidation sites excluding steroid dienone is 11. The minimum Gasteiger partial charge on any atom is -0.502 e. The van der Waals surface area contributed by atoms with Crippen LogP contribution in [0.3, 0.4) is 0 Å². The average Bonchev–Trinajstić information content (AvgIpc) is 3.88. The molecule has 0 aromatic carbocycles. The molecule has 0 aromatic rings. The summed E-state index contributed by atoms with van der Waals surface area (Å²) in [6, 6.07) is 0. The van der Waals surface area contributed by atoms with E-state index < -0.39 is 9.84 Å². The third-order valence-electron chi connectivity index (χ3n) is 8.46. The number of rotatable bonds is 0. The number of hydrogen-bond acceptors (Lipinski definition) is 13. The lowest BCUT2D eigenvalue weighted by molar-refractivity contribution is 0.158. The average molecular weight is 945 g/mol. The molecule has 13 nitrogen and oxygen atoms in total. The summed E-state index contributed by atoms with van der Waals surface area (Å²) < 4.78 is 44.2. The van der Waals surface area contributed by atoms with Crippen molar-refractivity contribution in [2.24, 2.45) is 9.98 Å². The SMILES string of the molecule is C1=CCCN=C1.C1=CCNC=C1.C1=CCNCC1.C1=CCOC=C1.C1=CCOCC1.C1=CNC=CC1.C1=CNCCC1.C1=COC=CC1.C1=COCCC1.C1=NCCCC1.O=S1(=O)C=COC1. The Morgan fingerprint density at radius 2 is 1.33 bits per heavy atom. The summed E-state index contributed by atoms with van der Waals surface area (Å²) in [7, 11) is -2.95. The molecule has 0 aliphatic carbocycles. The summed E-state index contributed by atoms with van der Waals surface area (Å²) in [4.78, 5) is 8.02. The van der Waals surface area contributed by atoms with Crippen LogP contribution in [0.4, 0.5) is 0 Å². The van der Waals surface area contributed by atoms with Crippen molar-refractivity contribution in [3.8, 4) is 0 Å². The zero-order valence-electron chi connectivity index (χ0n) is 39.7. The van der Waals surface area contributed by atoms with Gasteiger partial charge in [0.1, 0.15) is 6.61 Å². The second kappa shape index (κ2) is 51.2. The molecule has 11 aliphatic heterocycles. The fraction of sp³-hybridized carbons (Fsp3) is 0.434. The molecule has 11 heterocycles. The normalized spacial score (nSPS) is 19.8. The zero-order valence-corrected chi connectivity index (χ0v) is 40.6. The molecule has 0 bridgehead atoms. The molecule has 67 heavy (non-hydrogen) atoms. The minimum atomic E-state index is -2.95. The van der Waals surface area contributed by atoms with Gasteiger partial charge in [0.05, 0.1) is 56.5 Å². The molecule has 0 fully saturated rings. The Morgan fingerprint density at radius 1 is 0.478 bits per heavy atom. The topological polar surface area (TPSA) is 153 Å². The Morgan fingerprint density at radius 3 is 1.49 bits per heavy atom. The van der Waals surface area contributed by atoms with Crippen molar-refractivity contribution in [1.29, 1.82) is 0 Å². The van der Waals surface area contributed by atoms with Crippen molar-refractivity contribution < 1.29 is 32.1 Å². The maximum Gasteiger partial charge on any atom is 0.209 e. The first-order valence-corrected chi connectivity index (χ1v) is 25.3. The third kappa shape index (κ3) is 51.0. The first-order chi connectivity index (χ1) is 33.2. The van der Waals surface area contributed by atoms with E-state index >= 15 is 0 Å². The van der Waals surface area contributed by atoms with Gasteiger partial charge in [-0.15, -0.1) is 0 Å². The van der Waals surface area contributed by atoms with Gasteiger partial charge in [-0.2, -0.15) is 0 Å². The van der Waals surface area contributed by atoms with Crippen LogP contribution in [0, 0.1) is 0 Å². The van der Waals surface area contributed by atoms with Crippen molar-refractivity contribution in [1.82, 2.24) is 21.3 Å². The molecule has 0 amide bonds. The number of nitrogens with zero attached hydrogens (tertiary/aromatic N) is 2. The van der Waals surface area contributed by atoms with Crippen molar-refractivity contribution >= 4 is 22.3 Å². The Kier molecular flexibility index (Phi) is 45.2. The van der Waals surface area contributed by atoms with E-state index in [1.165, 1.54) is 57.6 Å². The highest BCUT2D eigenvalue weighted by atomic mass is 32.2. The second-order valence-electron chi connectivity index (χ2n) is 14.4. The molecule has 14 heteroatoms. The fourth-order valence-electron chi connectivity index (χ4n) is 4.99. The molecule has 0 saturated heterocycles. The van der Waals surface area contributed by atoms with E-state index in [0.717, 1.165) is 96.8 Å². The Balaban J connectivity index is 0.000000369. The Bertz CT molecular complexity index is 1440. The largest absolute Gasteiger partial charge is 0.502 e. The summed E-state index contributed by atoms with van der Waals surface area (Å²) in [6.07, 6.45) is 70.7. The minimum absolute atomic E-state index is 0.188. The first kappa shape index (κ1) is 59.2. The zero-order chi connectivity index (χ0) is 47.8. The second-order valence-corrected chi connectivity index (χ2v) is 16.2. The van der Waals surface area contributed by atoms with E-state index in [-0.39, 0.29) is 5.94 Å².